The number of aromatic nitrogens is 2. The van der Waals surface area contributed by atoms with E-state index < -0.39 is 0 Å². The third kappa shape index (κ3) is 2.81. The predicted octanol–water partition coefficient (Wildman–Crippen LogP) is 4.95. The zero-order chi connectivity index (χ0) is 16.4. The first-order chi connectivity index (χ1) is 11.8. The maximum Gasteiger partial charge on any atom is 0.123 e. The SMILES string of the molecule is Fc1ccc(-n2c(CCc3ccccc3)nc3ccccc32)cc1. The molecule has 0 fully saturated rings. The summed E-state index contributed by atoms with van der Waals surface area (Å²) < 4.78 is 15.4. The van der Waals surface area contributed by atoms with E-state index in [9.17, 15) is 4.39 Å². The number of nitrogens with zero attached hydrogens (tertiary/aromatic N) is 2. The lowest BCUT2D eigenvalue weighted by Gasteiger charge is -2.09. The van der Waals surface area contributed by atoms with Gasteiger partial charge in [-0.05, 0) is 48.4 Å². The maximum absolute atomic E-state index is 13.3. The number of halogens is 1. The van der Waals surface area contributed by atoms with E-state index in [1.54, 1.807) is 12.1 Å². The lowest BCUT2D eigenvalue weighted by atomic mass is 10.1. The van der Waals surface area contributed by atoms with Crippen molar-refractivity contribution in [2.45, 2.75) is 12.8 Å². The standard InChI is InChI=1S/C21H17FN2/c22-17-11-13-18(14-12-17)24-20-9-5-4-8-19(20)23-21(24)15-10-16-6-2-1-3-7-16/h1-9,11-14H,10,15H2. The van der Waals surface area contributed by atoms with Gasteiger partial charge in [-0.1, -0.05) is 42.5 Å². The second kappa shape index (κ2) is 6.28. The van der Waals surface area contributed by atoms with Crippen molar-refractivity contribution in [3.05, 3.63) is 96.1 Å². The Morgan fingerprint density at radius 3 is 2.25 bits per heavy atom. The van der Waals surface area contributed by atoms with Crippen LogP contribution in [0.5, 0.6) is 0 Å². The first-order valence-electron chi connectivity index (χ1n) is 8.07. The molecule has 0 N–H and O–H groups in total. The highest BCUT2D eigenvalue weighted by Gasteiger charge is 2.12. The number of para-hydroxylation sites is 2. The van der Waals surface area contributed by atoms with Crippen molar-refractivity contribution in [1.82, 2.24) is 9.55 Å². The van der Waals surface area contributed by atoms with Gasteiger partial charge in [-0.15, -0.1) is 0 Å². The van der Waals surface area contributed by atoms with Crippen molar-refractivity contribution < 1.29 is 4.39 Å². The topological polar surface area (TPSA) is 17.8 Å². The van der Waals surface area contributed by atoms with Crippen LogP contribution in [-0.4, -0.2) is 9.55 Å². The Morgan fingerprint density at radius 2 is 1.46 bits per heavy atom. The van der Waals surface area contributed by atoms with Gasteiger partial charge in [0.25, 0.3) is 0 Å². The van der Waals surface area contributed by atoms with Gasteiger partial charge in [0.15, 0.2) is 0 Å². The molecule has 1 aromatic heterocycles. The fourth-order valence-electron chi connectivity index (χ4n) is 3.02. The Morgan fingerprint density at radius 1 is 0.750 bits per heavy atom. The summed E-state index contributed by atoms with van der Waals surface area (Å²) in [6.07, 6.45) is 1.75. The van der Waals surface area contributed by atoms with E-state index in [1.165, 1.54) is 17.7 Å². The fraction of sp³-hybridized carbons (Fsp3) is 0.0952. The second-order valence-electron chi connectivity index (χ2n) is 5.81. The Kier molecular flexibility index (Phi) is 3.83. The largest absolute Gasteiger partial charge is 0.296 e. The average Bonchev–Trinajstić information content (AvgIpc) is 3.00. The van der Waals surface area contributed by atoms with Crippen LogP contribution in [0.1, 0.15) is 11.4 Å². The zero-order valence-corrected chi connectivity index (χ0v) is 13.2. The van der Waals surface area contributed by atoms with Crippen molar-refractivity contribution in [2.75, 3.05) is 0 Å². The highest BCUT2D eigenvalue weighted by molar-refractivity contribution is 5.78. The summed E-state index contributed by atoms with van der Waals surface area (Å²) in [4.78, 5) is 4.80. The van der Waals surface area contributed by atoms with E-state index in [0.717, 1.165) is 35.4 Å². The fourth-order valence-corrected chi connectivity index (χ4v) is 3.02. The minimum absolute atomic E-state index is 0.228. The second-order valence-corrected chi connectivity index (χ2v) is 5.81. The molecule has 0 saturated heterocycles. The molecular formula is C21H17FN2. The summed E-state index contributed by atoms with van der Waals surface area (Å²) in [7, 11) is 0. The van der Waals surface area contributed by atoms with E-state index in [4.69, 9.17) is 4.98 Å². The first kappa shape index (κ1) is 14.6. The smallest absolute Gasteiger partial charge is 0.123 e. The third-order valence-electron chi connectivity index (χ3n) is 4.20. The summed E-state index contributed by atoms with van der Waals surface area (Å²) in [5, 5.41) is 0. The molecule has 0 unspecified atom stereocenters. The Labute approximate surface area is 140 Å². The van der Waals surface area contributed by atoms with Gasteiger partial charge < -0.3 is 0 Å². The van der Waals surface area contributed by atoms with Crippen molar-refractivity contribution in [3.63, 3.8) is 0 Å². The van der Waals surface area contributed by atoms with Crippen molar-refractivity contribution in [1.29, 1.82) is 0 Å². The number of benzene rings is 3. The quantitative estimate of drug-likeness (QED) is 0.521. The molecule has 0 saturated carbocycles. The molecule has 24 heavy (non-hydrogen) atoms. The molecule has 0 amide bonds. The van der Waals surface area contributed by atoms with Gasteiger partial charge in [-0.3, -0.25) is 4.57 Å². The van der Waals surface area contributed by atoms with Crippen molar-refractivity contribution >= 4 is 11.0 Å². The van der Waals surface area contributed by atoms with Crippen LogP contribution >= 0.6 is 0 Å². The van der Waals surface area contributed by atoms with Crippen LogP contribution in [0.3, 0.4) is 0 Å². The summed E-state index contributed by atoms with van der Waals surface area (Å²) in [6, 6.07) is 25.0. The molecule has 1 heterocycles. The molecule has 0 spiro atoms. The lowest BCUT2D eigenvalue weighted by molar-refractivity contribution is 0.627. The van der Waals surface area contributed by atoms with Gasteiger partial charge in [0, 0.05) is 12.1 Å². The van der Waals surface area contributed by atoms with Crippen LogP contribution in [0.15, 0.2) is 78.9 Å². The maximum atomic E-state index is 13.3. The molecule has 0 radical (unpaired) electrons. The minimum atomic E-state index is -0.228. The molecule has 0 atom stereocenters. The van der Waals surface area contributed by atoms with Crippen LogP contribution in [0.2, 0.25) is 0 Å². The van der Waals surface area contributed by atoms with Gasteiger partial charge in [0.2, 0.25) is 0 Å². The molecule has 0 aliphatic heterocycles. The molecule has 3 aromatic carbocycles. The zero-order valence-electron chi connectivity index (χ0n) is 13.2. The van der Waals surface area contributed by atoms with Crippen molar-refractivity contribution in [3.8, 4) is 5.69 Å². The highest BCUT2D eigenvalue weighted by atomic mass is 19.1. The molecule has 2 nitrogen and oxygen atoms in total. The monoisotopic (exact) mass is 316 g/mol. The molecule has 3 heteroatoms. The van der Waals surface area contributed by atoms with E-state index in [1.807, 2.05) is 24.3 Å². The van der Waals surface area contributed by atoms with Gasteiger partial charge in [0.05, 0.1) is 11.0 Å². The number of hydrogen-bond acceptors (Lipinski definition) is 1. The number of rotatable bonds is 4. The number of fused-ring (bicyclic) bond motifs is 1. The number of hydrogen-bond donors (Lipinski definition) is 0. The van der Waals surface area contributed by atoms with Crippen LogP contribution < -0.4 is 0 Å². The summed E-state index contributed by atoms with van der Waals surface area (Å²) in [5.74, 6) is 0.765. The first-order valence-corrected chi connectivity index (χ1v) is 8.07. The summed E-state index contributed by atoms with van der Waals surface area (Å²) >= 11 is 0. The Hall–Kier alpha value is -2.94. The van der Waals surface area contributed by atoms with E-state index >= 15 is 0 Å². The minimum Gasteiger partial charge on any atom is -0.296 e. The molecule has 0 aliphatic carbocycles. The Balaban J connectivity index is 1.76. The van der Waals surface area contributed by atoms with Crippen LogP contribution in [-0.2, 0) is 12.8 Å². The number of aryl methyl sites for hydroxylation is 2. The normalized spacial score (nSPS) is 11.0. The molecule has 0 aliphatic rings. The molecular weight excluding hydrogens is 299 g/mol. The van der Waals surface area contributed by atoms with Crippen molar-refractivity contribution in [2.24, 2.45) is 0 Å². The molecule has 4 rings (SSSR count). The van der Waals surface area contributed by atoms with Gasteiger partial charge in [-0.2, -0.15) is 0 Å². The predicted molar refractivity (Wildman–Crippen MR) is 94.9 cm³/mol. The average molecular weight is 316 g/mol. The summed E-state index contributed by atoms with van der Waals surface area (Å²) in [5.41, 5.74) is 4.24. The molecule has 4 aromatic rings. The van der Waals surface area contributed by atoms with Gasteiger partial charge >= 0.3 is 0 Å². The van der Waals surface area contributed by atoms with Crippen LogP contribution in [0.4, 0.5) is 4.39 Å². The molecule has 0 bridgehead atoms. The molecule has 118 valence electrons. The van der Waals surface area contributed by atoms with Gasteiger partial charge in [0.1, 0.15) is 11.6 Å². The third-order valence-corrected chi connectivity index (χ3v) is 4.20. The lowest BCUT2D eigenvalue weighted by Crippen LogP contribution is -2.03. The van der Waals surface area contributed by atoms with Gasteiger partial charge in [-0.25, -0.2) is 9.37 Å². The van der Waals surface area contributed by atoms with Crippen LogP contribution in [0.25, 0.3) is 16.7 Å². The van der Waals surface area contributed by atoms with E-state index in [-0.39, 0.29) is 5.82 Å². The van der Waals surface area contributed by atoms with Crippen LogP contribution in [0, 0.1) is 5.82 Å². The van der Waals surface area contributed by atoms with E-state index in [2.05, 4.69) is 34.9 Å². The van der Waals surface area contributed by atoms with E-state index in [0.29, 0.717) is 0 Å². The number of imidazole rings is 1. The Bertz CT molecular complexity index is 956. The summed E-state index contributed by atoms with van der Waals surface area (Å²) in [6.45, 7) is 0. The highest BCUT2D eigenvalue weighted by Crippen LogP contribution is 2.22.